The van der Waals surface area contributed by atoms with E-state index < -0.39 is 6.10 Å². The second-order valence-corrected chi connectivity index (χ2v) is 8.46. The maximum Gasteiger partial charge on any atom is 0.347 e. The van der Waals surface area contributed by atoms with E-state index in [1.165, 1.54) is 18.2 Å². The van der Waals surface area contributed by atoms with E-state index in [4.69, 9.17) is 9.47 Å². The van der Waals surface area contributed by atoms with Crippen molar-refractivity contribution in [2.75, 3.05) is 7.11 Å². The van der Waals surface area contributed by atoms with Crippen molar-refractivity contribution in [3.63, 3.8) is 0 Å². The number of rotatable bonds is 10. The third-order valence-electron chi connectivity index (χ3n) is 5.81. The first-order valence-electron chi connectivity index (χ1n) is 10.0. The summed E-state index contributed by atoms with van der Waals surface area (Å²) < 4.78 is 11.2. The summed E-state index contributed by atoms with van der Waals surface area (Å²) in [5, 5.41) is 0. The summed E-state index contributed by atoms with van der Waals surface area (Å²) in [4.78, 5) is 12.2. The van der Waals surface area contributed by atoms with Crippen molar-refractivity contribution in [1.29, 1.82) is 0 Å². The number of benzene rings is 1. The van der Waals surface area contributed by atoms with Gasteiger partial charge in [-0.15, -0.1) is 0 Å². The van der Waals surface area contributed by atoms with Crippen LogP contribution >= 0.6 is 0 Å². The Morgan fingerprint density at radius 1 is 1.04 bits per heavy atom. The third-order valence-corrected chi connectivity index (χ3v) is 5.81. The quantitative estimate of drug-likeness (QED) is 0.467. The van der Waals surface area contributed by atoms with E-state index in [9.17, 15) is 4.79 Å². The van der Waals surface area contributed by atoms with E-state index in [0.717, 1.165) is 31.4 Å². The molecule has 0 N–H and O–H groups in total. The molecule has 1 aromatic carbocycles. The number of hydrogen-bond acceptors (Lipinski definition) is 3. The van der Waals surface area contributed by atoms with Crippen molar-refractivity contribution >= 4 is 5.97 Å². The molecule has 0 aliphatic heterocycles. The average molecular weight is 363 g/mol. The van der Waals surface area contributed by atoms with Crippen LogP contribution in [0.2, 0.25) is 0 Å². The molecule has 0 heterocycles. The molecule has 0 spiro atoms. The molecule has 3 nitrogen and oxygen atoms in total. The van der Waals surface area contributed by atoms with Crippen molar-refractivity contribution < 1.29 is 14.3 Å². The monoisotopic (exact) mass is 362 g/mol. The van der Waals surface area contributed by atoms with E-state index in [2.05, 4.69) is 60.6 Å². The number of ether oxygens (including phenoxy) is 2. The highest BCUT2D eigenvalue weighted by Gasteiger charge is 2.29. The first-order chi connectivity index (χ1) is 12.1. The molecule has 1 rings (SSSR count). The lowest BCUT2D eigenvalue weighted by atomic mass is 9.76. The zero-order valence-corrected chi connectivity index (χ0v) is 18.1. The van der Waals surface area contributed by atoms with Gasteiger partial charge in [0.2, 0.25) is 0 Å². The van der Waals surface area contributed by atoms with Gasteiger partial charge in [0.1, 0.15) is 5.75 Å². The van der Waals surface area contributed by atoms with Crippen LogP contribution in [0.5, 0.6) is 5.75 Å². The molecule has 0 aromatic heterocycles. The molecule has 0 fully saturated rings. The van der Waals surface area contributed by atoms with Gasteiger partial charge in [0.15, 0.2) is 6.10 Å². The smallest absolute Gasteiger partial charge is 0.347 e. The molecule has 0 aliphatic rings. The fourth-order valence-electron chi connectivity index (χ4n) is 2.88. The van der Waals surface area contributed by atoms with Crippen LogP contribution in [0.15, 0.2) is 18.2 Å². The van der Waals surface area contributed by atoms with Crippen LogP contribution in [0.1, 0.15) is 91.7 Å². The average Bonchev–Trinajstić information content (AvgIpc) is 2.64. The summed E-state index contributed by atoms with van der Waals surface area (Å²) in [6, 6.07) is 6.46. The van der Waals surface area contributed by atoms with Crippen LogP contribution in [-0.4, -0.2) is 19.2 Å². The van der Waals surface area contributed by atoms with E-state index in [-0.39, 0.29) is 16.8 Å². The highest BCUT2D eigenvalue weighted by atomic mass is 16.6. The van der Waals surface area contributed by atoms with Gasteiger partial charge in [0.25, 0.3) is 0 Å². The second-order valence-electron chi connectivity index (χ2n) is 8.46. The molecule has 0 saturated carbocycles. The first kappa shape index (κ1) is 22.5. The van der Waals surface area contributed by atoms with Crippen molar-refractivity contribution in [2.45, 2.75) is 97.5 Å². The Hall–Kier alpha value is -1.51. The molecule has 1 unspecified atom stereocenters. The number of carbonyl (C=O) groups excluding carboxylic acids is 1. The van der Waals surface area contributed by atoms with Crippen LogP contribution in [0, 0.1) is 0 Å². The van der Waals surface area contributed by atoms with E-state index in [0.29, 0.717) is 6.42 Å². The van der Waals surface area contributed by atoms with Crippen LogP contribution < -0.4 is 4.74 Å². The van der Waals surface area contributed by atoms with Gasteiger partial charge in [-0.2, -0.15) is 0 Å². The first-order valence-corrected chi connectivity index (χ1v) is 10.0. The lowest BCUT2D eigenvalue weighted by Crippen LogP contribution is -2.30. The third kappa shape index (κ3) is 5.49. The van der Waals surface area contributed by atoms with Crippen LogP contribution in [0.25, 0.3) is 0 Å². The summed E-state index contributed by atoms with van der Waals surface area (Å²) in [5.74, 6) is 0.510. The normalized spacial score (nSPS) is 13.4. The molecule has 0 aliphatic carbocycles. The number of unbranched alkanes of at least 4 members (excludes halogenated alkanes) is 1. The summed E-state index contributed by atoms with van der Waals surface area (Å²) in [6.07, 6.45) is 4.16. The Balaban J connectivity index is 3.33. The van der Waals surface area contributed by atoms with Gasteiger partial charge >= 0.3 is 5.97 Å². The van der Waals surface area contributed by atoms with E-state index in [1.54, 1.807) is 0 Å². The summed E-state index contributed by atoms with van der Waals surface area (Å²) in [7, 11) is 1.42. The zero-order chi connectivity index (χ0) is 20.0. The standard InChI is InChI=1S/C23H38O3/c1-9-12-13-20(21(24)25-8)26-19-15-14-17(22(4,5)10-2)16-18(19)23(6,7)11-3/h14-16,20H,9-13H2,1-8H3. The predicted molar refractivity (Wildman–Crippen MR) is 109 cm³/mol. The second kappa shape index (κ2) is 9.43. The molecule has 0 bridgehead atoms. The number of esters is 1. The summed E-state index contributed by atoms with van der Waals surface area (Å²) >= 11 is 0. The Bertz CT molecular complexity index is 587. The molecule has 3 heteroatoms. The Morgan fingerprint density at radius 2 is 1.65 bits per heavy atom. The molecule has 0 radical (unpaired) electrons. The molecule has 1 atom stereocenters. The van der Waals surface area contributed by atoms with Gasteiger partial charge in [-0.1, -0.05) is 67.0 Å². The predicted octanol–water partition coefficient (Wildman–Crippen LogP) is 6.17. The largest absolute Gasteiger partial charge is 0.478 e. The van der Waals surface area contributed by atoms with E-state index >= 15 is 0 Å². The number of methoxy groups -OCH3 is 1. The van der Waals surface area contributed by atoms with Gasteiger partial charge in [-0.3, -0.25) is 0 Å². The van der Waals surface area contributed by atoms with Crippen LogP contribution in [-0.2, 0) is 20.4 Å². The number of carbonyl (C=O) groups is 1. The molecule has 1 aromatic rings. The zero-order valence-electron chi connectivity index (χ0n) is 18.1. The minimum absolute atomic E-state index is 0.0272. The van der Waals surface area contributed by atoms with E-state index in [1.807, 2.05) is 6.07 Å². The van der Waals surface area contributed by atoms with Crippen molar-refractivity contribution in [3.8, 4) is 5.75 Å². The Kier molecular flexibility index (Phi) is 8.17. The maximum atomic E-state index is 12.2. The van der Waals surface area contributed by atoms with Gasteiger partial charge < -0.3 is 9.47 Å². The number of hydrogen-bond donors (Lipinski definition) is 0. The molecular formula is C23H38O3. The highest BCUT2D eigenvalue weighted by Crippen LogP contribution is 2.39. The van der Waals surface area contributed by atoms with Gasteiger partial charge in [0, 0.05) is 5.56 Å². The molecule has 26 heavy (non-hydrogen) atoms. The minimum Gasteiger partial charge on any atom is -0.478 e. The van der Waals surface area contributed by atoms with Crippen molar-refractivity contribution in [3.05, 3.63) is 29.3 Å². The van der Waals surface area contributed by atoms with Crippen LogP contribution in [0.4, 0.5) is 0 Å². The van der Waals surface area contributed by atoms with Gasteiger partial charge in [-0.25, -0.2) is 4.79 Å². The fourth-order valence-corrected chi connectivity index (χ4v) is 2.88. The lowest BCUT2D eigenvalue weighted by Gasteiger charge is -2.31. The van der Waals surface area contributed by atoms with Crippen molar-refractivity contribution in [2.24, 2.45) is 0 Å². The minimum atomic E-state index is -0.545. The van der Waals surface area contributed by atoms with Crippen molar-refractivity contribution in [1.82, 2.24) is 0 Å². The van der Waals surface area contributed by atoms with Crippen LogP contribution in [0.3, 0.4) is 0 Å². The summed E-state index contributed by atoms with van der Waals surface area (Å²) in [6.45, 7) is 15.5. The fraction of sp³-hybridized carbons (Fsp3) is 0.696. The maximum absolute atomic E-state index is 12.2. The van der Waals surface area contributed by atoms with Gasteiger partial charge in [-0.05, 0) is 48.1 Å². The van der Waals surface area contributed by atoms with Gasteiger partial charge in [0.05, 0.1) is 7.11 Å². The SMILES string of the molecule is CCCCC(Oc1ccc(C(C)(C)CC)cc1C(C)(C)CC)C(=O)OC. The Labute approximate surface area is 160 Å². The summed E-state index contributed by atoms with van der Waals surface area (Å²) in [5.41, 5.74) is 2.57. The molecular weight excluding hydrogens is 324 g/mol. The highest BCUT2D eigenvalue weighted by molar-refractivity contribution is 5.75. The lowest BCUT2D eigenvalue weighted by molar-refractivity contribution is -0.149. The Morgan fingerprint density at radius 3 is 2.15 bits per heavy atom. The molecule has 0 amide bonds. The topological polar surface area (TPSA) is 35.5 Å². The molecule has 148 valence electrons. The molecule has 0 saturated heterocycles.